The van der Waals surface area contributed by atoms with Crippen molar-refractivity contribution in [2.24, 2.45) is 17.1 Å². The van der Waals surface area contributed by atoms with E-state index in [1.165, 1.54) is 0 Å². The van der Waals surface area contributed by atoms with Gasteiger partial charge in [-0.2, -0.15) is 0 Å². The van der Waals surface area contributed by atoms with E-state index in [9.17, 15) is 8.42 Å². The number of hydrogen-bond acceptors (Lipinski definition) is 4. The van der Waals surface area contributed by atoms with Crippen molar-refractivity contribution in [3.8, 4) is 0 Å². The molecule has 2 heterocycles. The number of rotatable bonds is 5. The van der Waals surface area contributed by atoms with Gasteiger partial charge in [-0.15, -0.1) is 0 Å². The SMILES string of the molecule is CCC1(C)CCN(S(=O)(=O)CC(N)C2CCOCC2)CC1. The second kappa shape index (κ2) is 6.94. The van der Waals surface area contributed by atoms with E-state index in [0.29, 0.717) is 31.7 Å². The normalized spacial score (nSPS) is 26.6. The molecule has 0 bridgehead atoms. The third kappa shape index (κ3) is 4.41. The minimum Gasteiger partial charge on any atom is -0.381 e. The molecule has 0 radical (unpaired) electrons. The lowest BCUT2D eigenvalue weighted by molar-refractivity contribution is 0.0604. The highest BCUT2D eigenvalue weighted by molar-refractivity contribution is 7.89. The maximum Gasteiger partial charge on any atom is 0.215 e. The Morgan fingerprint density at radius 3 is 2.38 bits per heavy atom. The lowest BCUT2D eigenvalue weighted by Gasteiger charge is -2.39. The zero-order valence-electron chi connectivity index (χ0n) is 13.4. The Balaban J connectivity index is 1.90. The van der Waals surface area contributed by atoms with Crippen LogP contribution in [0.3, 0.4) is 0 Å². The lowest BCUT2D eigenvalue weighted by atomic mass is 9.79. The molecule has 1 atom stereocenters. The van der Waals surface area contributed by atoms with E-state index in [1.54, 1.807) is 4.31 Å². The van der Waals surface area contributed by atoms with E-state index in [2.05, 4.69) is 13.8 Å². The molecule has 5 nitrogen and oxygen atoms in total. The van der Waals surface area contributed by atoms with Crippen molar-refractivity contribution < 1.29 is 13.2 Å². The molecule has 0 aliphatic carbocycles. The first-order valence-electron chi connectivity index (χ1n) is 8.17. The van der Waals surface area contributed by atoms with Gasteiger partial charge in [0, 0.05) is 32.3 Å². The van der Waals surface area contributed by atoms with Crippen molar-refractivity contribution in [1.29, 1.82) is 0 Å². The lowest BCUT2D eigenvalue weighted by Crippen LogP contribution is -2.48. The van der Waals surface area contributed by atoms with Gasteiger partial charge in [0.2, 0.25) is 10.0 Å². The molecule has 2 N–H and O–H groups in total. The molecule has 0 aromatic rings. The van der Waals surface area contributed by atoms with Crippen molar-refractivity contribution >= 4 is 10.0 Å². The highest BCUT2D eigenvalue weighted by atomic mass is 32.2. The Hall–Kier alpha value is -0.170. The van der Waals surface area contributed by atoms with Crippen LogP contribution in [0.2, 0.25) is 0 Å². The summed E-state index contributed by atoms with van der Waals surface area (Å²) < 4.78 is 32.1. The second-order valence-electron chi connectivity index (χ2n) is 6.96. The van der Waals surface area contributed by atoms with E-state index >= 15 is 0 Å². The van der Waals surface area contributed by atoms with E-state index in [0.717, 1.165) is 32.1 Å². The molecule has 0 aromatic carbocycles. The summed E-state index contributed by atoms with van der Waals surface area (Å²) in [6, 6.07) is -0.265. The third-order valence-corrected chi connectivity index (χ3v) is 7.41. The summed E-state index contributed by atoms with van der Waals surface area (Å²) in [5, 5.41) is 0. The van der Waals surface area contributed by atoms with Gasteiger partial charge in [-0.1, -0.05) is 20.3 Å². The van der Waals surface area contributed by atoms with Crippen molar-refractivity contribution in [3.63, 3.8) is 0 Å². The van der Waals surface area contributed by atoms with Crippen LogP contribution in [-0.2, 0) is 14.8 Å². The largest absolute Gasteiger partial charge is 0.381 e. The van der Waals surface area contributed by atoms with Crippen LogP contribution in [-0.4, -0.2) is 50.8 Å². The van der Waals surface area contributed by atoms with E-state index in [1.807, 2.05) is 0 Å². The molecule has 0 saturated carbocycles. The molecule has 0 aromatic heterocycles. The summed E-state index contributed by atoms with van der Waals surface area (Å²) >= 11 is 0. The molecular formula is C15H30N2O3S. The van der Waals surface area contributed by atoms with Gasteiger partial charge >= 0.3 is 0 Å². The van der Waals surface area contributed by atoms with Crippen LogP contribution < -0.4 is 5.73 Å². The zero-order chi connectivity index (χ0) is 15.5. The molecule has 2 fully saturated rings. The standard InChI is InChI=1S/C15H30N2O3S/c1-3-15(2)6-8-17(9-7-15)21(18,19)12-14(16)13-4-10-20-11-5-13/h13-14H,3-12,16H2,1-2H3. The van der Waals surface area contributed by atoms with Gasteiger partial charge in [0.25, 0.3) is 0 Å². The summed E-state index contributed by atoms with van der Waals surface area (Å²) in [4.78, 5) is 0. The van der Waals surface area contributed by atoms with E-state index < -0.39 is 10.0 Å². The number of piperidine rings is 1. The molecule has 0 spiro atoms. The smallest absolute Gasteiger partial charge is 0.215 e. The van der Waals surface area contributed by atoms with Gasteiger partial charge in [-0.05, 0) is 37.0 Å². The van der Waals surface area contributed by atoms with Crippen molar-refractivity contribution in [3.05, 3.63) is 0 Å². The maximum absolute atomic E-state index is 12.6. The quantitative estimate of drug-likeness (QED) is 0.835. The van der Waals surface area contributed by atoms with Crippen molar-refractivity contribution in [2.45, 2.75) is 52.0 Å². The Labute approximate surface area is 129 Å². The van der Waals surface area contributed by atoms with Gasteiger partial charge in [0.1, 0.15) is 0 Å². The molecule has 6 heteroatoms. The fourth-order valence-electron chi connectivity index (χ4n) is 3.29. The number of ether oxygens (including phenoxy) is 1. The number of nitrogens with two attached hydrogens (primary N) is 1. The predicted octanol–water partition coefficient (Wildman–Crippen LogP) is 1.58. The van der Waals surface area contributed by atoms with Gasteiger partial charge in [0.15, 0.2) is 0 Å². The first-order valence-corrected chi connectivity index (χ1v) is 9.78. The van der Waals surface area contributed by atoms with Crippen LogP contribution in [0.1, 0.15) is 46.0 Å². The van der Waals surface area contributed by atoms with Crippen LogP contribution in [0, 0.1) is 11.3 Å². The van der Waals surface area contributed by atoms with Crippen molar-refractivity contribution in [2.75, 3.05) is 32.1 Å². The molecule has 2 rings (SSSR count). The highest BCUT2D eigenvalue weighted by Crippen LogP contribution is 2.35. The Bertz CT molecular complexity index is 424. The van der Waals surface area contributed by atoms with Crippen LogP contribution in [0.4, 0.5) is 0 Å². The Morgan fingerprint density at radius 1 is 1.29 bits per heavy atom. The number of nitrogens with zero attached hydrogens (tertiary/aromatic N) is 1. The number of sulfonamides is 1. The van der Waals surface area contributed by atoms with Gasteiger partial charge in [-0.25, -0.2) is 12.7 Å². The van der Waals surface area contributed by atoms with Gasteiger partial charge in [0.05, 0.1) is 5.75 Å². The molecule has 2 aliphatic heterocycles. The summed E-state index contributed by atoms with van der Waals surface area (Å²) in [6.07, 6.45) is 4.78. The van der Waals surface area contributed by atoms with E-state index in [-0.39, 0.29) is 17.7 Å². The van der Waals surface area contributed by atoms with Crippen LogP contribution >= 0.6 is 0 Å². The average molecular weight is 318 g/mol. The molecular weight excluding hydrogens is 288 g/mol. The summed E-state index contributed by atoms with van der Waals surface area (Å²) in [5.74, 6) is 0.361. The van der Waals surface area contributed by atoms with Crippen molar-refractivity contribution in [1.82, 2.24) is 4.31 Å². The second-order valence-corrected chi connectivity index (χ2v) is 8.97. The first-order chi connectivity index (χ1) is 9.86. The van der Waals surface area contributed by atoms with Crippen LogP contribution in [0.5, 0.6) is 0 Å². The minimum atomic E-state index is -3.22. The summed E-state index contributed by atoms with van der Waals surface area (Å²) in [6.45, 7) is 7.14. The van der Waals surface area contributed by atoms with Crippen LogP contribution in [0.15, 0.2) is 0 Å². The van der Waals surface area contributed by atoms with Gasteiger partial charge < -0.3 is 10.5 Å². The highest BCUT2D eigenvalue weighted by Gasteiger charge is 2.35. The number of hydrogen-bond donors (Lipinski definition) is 1. The Kier molecular flexibility index (Phi) is 5.68. The predicted molar refractivity (Wildman–Crippen MR) is 84.5 cm³/mol. The van der Waals surface area contributed by atoms with E-state index in [4.69, 9.17) is 10.5 Å². The zero-order valence-corrected chi connectivity index (χ0v) is 14.2. The molecule has 21 heavy (non-hydrogen) atoms. The molecule has 2 saturated heterocycles. The van der Waals surface area contributed by atoms with Crippen LogP contribution in [0.25, 0.3) is 0 Å². The third-order valence-electron chi connectivity index (χ3n) is 5.45. The monoisotopic (exact) mass is 318 g/mol. The fourth-order valence-corrected chi connectivity index (χ4v) is 4.99. The first kappa shape index (κ1) is 17.2. The molecule has 2 aliphatic rings. The summed E-state index contributed by atoms with van der Waals surface area (Å²) in [7, 11) is -3.22. The Morgan fingerprint density at radius 2 is 1.86 bits per heavy atom. The van der Waals surface area contributed by atoms with Gasteiger partial charge in [-0.3, -0.25) is 0 Å². The minimum absolute atomic E-state index is 0.0838. The average Bonchev–Trinajstić information content (AvgIpc) is 2.48. The molecule has 0 amide bonds. The maximum atomic E-state index is 12.6. The topological polar surface area (TPSA) is 72.6 Å². The fraction of sp³-hybridized carbons (Fsp3) is 1.00. The summed E-state index contributed by atoms with van der Waals surface area (Å²) in [5.41, 5.74) is 6.46. The molecule has 1 unspecified atom stereocenters. The molecule has 124 valence electrons.